The molecular weight excluding hydrogens is 407 g/mol. The molecule has 0 aliphatic carbocycles. The second kappa shape index (κ2) is 8.69. The van der Waals surface area contributed by atoms with Crippen LogP contribution in [0.4, 0.5) is 0 Å². The summed E-state index contributed by atoms with van der Waals surface area (Å²) < 4.78 is 11.3. The second-order valence-corrected chi connectivity index (χ2v) is 7.59. The van der Waals surface area contributed by atoms with Crippen LogP contribution in [0.2, 0.25) is 10.0 Å². The van der Waals surface area contributed by atoms with Gasteiger partial charge in [0.15, 0.2) is 10.9 Å². The van der Waals surface area contributed by atoms with Gasteiger partial charge >= 0.3 is 0 Å². The Labute approximate surface area is 171 Å². The SMILES string of the molecule is Cc1cccc(OCCOc2c(Cl)cc(C=C3SC(=N)NC3=O)cc2Cl)c1. The van der Waals surface area contributed by atoms with Crippen molar-refractivity contribution in [3.05, 3.63) is 62.5 Å². The molecule has 0 saturated carbocycles. The molecule has 2 N–H and O–H groups in total. The lowest BCUT2D eigenvalue weighted by Crippen LogP contribution is -2.18. The summed E-state index contributed by atoms with van der Waals surface area (Å²) in [6, 6.07) is 11.1. The predicted octanol–water partition coefficient (Wildman–Crippen LogP) is 4.90. The number of amidine groups is 1. The highest BCUT2D eigenvalue weighted by atomic mass is 35.5. The minimum Gasteiger partial charge on any atom is -0.490 e. The fraction of sp³-hybridized carbons (Fsp3) is 0.158. The van der Waals surface area contributed by atoms with E-state index >= 15 is 0 Å². The summed E-state index contributed by atoms with van der Waals surface area (Å²) in [7, 11) is 0. The van der Waals surface area contributed by atoms with E-state index in [2.05, 4.69) is 5.32 Å². The normalized spacial score (nSPS) is 15.1. The van der Waals surface area contributed by atoms with Crippen LogP contribution in [0.3, 0.4) is 0 Å². The van der Waals surface area contributed by atoms with Gasteiger partial charge in [-0.25, -0.2) is 0 Å². The van der Waals surface area contributed by atoms with Crippen molar-refractivity contribution in [1.29, 1.82) is 5.41 Å². The predicted molar refractivity (Wildman–Crippen MR) is 110 cm³/mol. The Kier molecular flexibility index (Phi) is 6.31. The number of carbonyl (C=O) groups excluding carboxylic acids is 1. The Balaban J connectivity index is 1.62. The zero-order chi connectivity index (χ0) is 19.4. The number of ether oxygens (including phenoxy) is 2. The van der Waals surface area contributed by atoms with Crippen molar-refractivity contribution in [3.8, 4) is 11.5 Å². The highest BCUT2D eigenvalue weighted by molar-refractivity contribution is 8.18. The number of thioether (sulfide) groups is 1. The number of hydrogen-bond donors (Lipinski definition) is 2. The zero-order valence-electron chi connectivity index (χ0n) is 14.3. The van der Waals surface area contributed by atoms with Crippen LogP contribution >= 0.6 is 35.0 Å². The Morgan fingerprint density at radius 1 is 1.15 bits per heavy atom. The molecule has 8 heteroatoms. The van der Waals surface area contributed by atoms with Gasteiger partial charge in [-0.15, -0.1) is 0 Å². The van der Waals surface area contributed by atoms with Crippen molar-refractivity contribution in [2.75, 3.05) is 13.2 Å². The zero-order valence-corrected chi connectivity index (χ0v) is 16.7. The molecule has 0 unspecified atom stereocenters. The minimum atomic E-state index is -0.314. The smallest absolute Gasteiger partial charge is 0.264 e. The van der Waals surface area contributed by atoms with Gasteiger partial charge in [0.05, 0.1) is 15.0 Å². The van der Waals surface area contributed by atoms with E-state index in [4.69, 9.17) is 38.1 Å². The van der Waals surface area contributed by atoms with E-state index in [1.165, 1.54) is 0 Å². The van der Waals surface area contributed by atoms with Gasteiger partial charge in [0.25, 0.3) is 5.91 Å². The van der Waals surface area contributed by atoms with E-state index in [1.54, 1.807) is 18.2 Å². The van der Waals surface area contributed by atoms with Gasteiger partial charge < -0.3 is 14.8 Å². The molecule has 3 rings (SSSR count). The molecule has 1 aliphatic rings. The van der Waals surface area contributed by atoms with Crippen molar-refractivity contribution >= 4 is 52.1 Å². The molecular formula is C19H16Cl2N2O3S. The highest BCUT2D eigenvalue weighted by Gasteiger charge is 2.22. The van der Waals surface area contributed by atoms with Crippen molar-refractivity contribution in [2.45, 2.75) is 6.92 Å². The Bertz CT molecular complexity index is 908. The fourth-order valence-corrected chi connectivity index (χ4v) is 3.72. The average molecular weight is 423 g/mol. The van der Waals surface area contributed by atoms with Crippen molar-refractivity contribution in [1.82, 2.24) is 5.32 Å². The summed E-state index contributed by atoms with van der Waals surface area (Å²) in [5.41, 5.74) is 1.77. The summed E-state index contributed by atoms with van der Waals surface area (Å²) in [4.78, 5) is 12.1. The van der Waals surface area contributed by atoms with Crippen molar-refractivity contribution in [2.24, 2.45) is 0 Å². The van der Waals surface area contributed by atoms with Gasteiger partial charge in [-0.2, -0.15) is 0 Å². The van der Waals surface area contributed by atoms with E-state index in [-0.39, 0.29) is 17.7 Å². The number of benzene rings is 2. The molecule has 1 amide bonds. The lowest BCUT2D eigenvalue weighted by Gasteiger charge is -2.12. The third kappa shape index (κ3) is 5.19. The standard InChI is InChI=1S/C19H16Cl2N2O3S/c1-11-3-2-4-13(7-11)25-5-6-26-17-14(20)8-12(9-15(17)21)10-16-18(24)23-19(22)27-16/h2-4,7-10H,5-6H2,1H3,(H2,22,23,24). The van der Waals surface area contributed by atoms with Crippen molar-refractivity contribution in [3.63, 3.8) is 0 Å². The van der Waals surface area contributed by atoms with E-state index in [0.29, 0.717) is 32.9 Å². The van der Waals surface area contributed by atoms with Crippen LogP contribution in [0.15, 0.2) is 41.3 Å². The van der Waals surface area contributed by atoms with Crippen LogP contribution in [0, 0.1) is 12.3 Å². The molecule has 0 spiro atoms. The lowest BCUT2D eigenvalue weighted by atomic mass is 10.2. The highest BCUT2D eigenvalue weighted by Crippen LogP contribution is 2.36. The first-order chi connectivity index (χ1) is 12.9. The topological polar surface area (TPSA) is 71.4 Å². The Morgan fingerprint density at radius 3 is 2.48 bits per heavy atom. The van der Waals surface area contributed by atoms with E-state index in [0.717, 1.165) is 23.1 Å². The number of halogens is 2. The molecule has 1 heterocycles. The van der Waals surface area contributed by atoms with Crippen LogP contribution in [0.25, 0.3) is 6.08 Å². The third-order valence-electron chi connectivity index (χ3n) is 3.57. The number of nitrogens with one attached hydrogen (secondary N) is 2. The maximum absolute atomic E-state index is 11.7. The van der Waals surface area contributed by atoms with Gasteiger partial charge in [0, 0.05) is 0 Å². The molecule has 0 atom stereocenters. The van der Waals surface area contributed by atoms with Crippen LogP contribution in [-0.2, 0) is 4.79 Å². The molecule has 0 radical (unpaired) electrons. The molecule has 27 heavy (non-hydrogen) atoms. The minimum absolute atomic E-state index is 0.0945. The molecule has 140 valence electrons. The molecule has 0 aromatic heterocycles. The van der Waals surface area contributed by atoms with Crippen LogP contribution in [0.1, 0.15) is 11.1 Å². The first-order valence-electron chi connectivity index (χ1n) is 8.03. The average Bonchev–Trinajstić information content (AvgIpc) is 2.91. The molecule has 0 bridgehead atoms. The molecule has 1 saturated heterocycles. The summed E-state index contributed by atoms with van der Waals surface area (Å²) in [6.45, 7) is 2.63. The third-order valence-corrected chi connectivity index (χ3v) is 4.96. The number of aryl methyl sites for hydroxylation is 1. The summed E-state index contributed by atoms with van der Waals surface area (Å²) in [5, 5.41) is 10.6. The molecule has 2 aromatic rings. The first-order valence-corrected chi connectivity index (χ1v) is 9.60. The van der Waals surface area contributed by atoms with Gasteiger partial charge in [0.2, 0.25) is 0 Å². The Morgan fingerprint density at radius 2 is 1.85 bits per heavy atom. The maximum atomic E-state index is 11.7. The second-order valence-electron chi connectivity index (χ2n) is 5.72. The fourth-order valence-electron chi connectivity index (χ4n) is 2.40. The molecule has 5 nitrogen and oxygen atoms in total. The van der Waals surface area contributed by atoms with E-state index in [9.17, 15) is 4.79 Å². The summed E-state index contributed by atoms with van der Waals surface area (Å²) in [6.07, 6.45) is 1.63. The summed E-state index contributed by atoms with van der Waals surface area (Å²) >= 11 is 13.6. The van der Waals surface area contributed by atoms with Gasteiger partial charge in [-0.05, 0) is 60.2 Å². The van der Waals surface area contributed by atoms with Crippen LogP contribution in [-0.4, -0.2) is 24.3 Å². The quantitative estimate of drug-likeness (QED) is 0.512. The molecule has 1 aliphatic heterocycles. The van der Waals surface area contributed by atoms with Gasteiger partial charge in [0.1, 0.15) is 19.0 Å². The van der Waals surface area contributed by atoms with E-state index < -0.39 is 0 Å². The van der Waals surface area contributed by atoms with E-state index in [1.807, 2.05) is 31.2 Å². The number of hydrogen-bond acceptors (Lipinski definition) is 5. The first kappa shape index (κ1) is 19.6. The maximum Gasteiger partial charge on any atom is 0.264 e. The monoisotopic (exact) mass is 422 g/mol. The number of amides is 1. The van der Waals surface area contributed by atoms with Crippen molar-refractivity contribution < 1.29 is 14.3 Å². The van der Waals surface area contributed by atoms with Crippen LogP contribution in [0.5, 0.6) is 11.5 Å². The summed E-state index contributed by atoms with van der Waals surface area (Å²) in [5.74, 6) is 0.825. The molecule has 2 aromatic carbocycles. The Hall–Kier alpha value is -2.15. The van der Waals surface area contributed by atoms with Crippen LogP contribution < -0.4 is 14.8 Å². The van der Waals surface area contributed by atoms with Gasteiger partial charge in [-0.1, -0.05) is 35.3 Å². The number of rotatable bonds is 6. The number of carbonyl (C=O) groups is 1. The molecule has 1 fully saturated rings. The lowest BCUT2D eigenvalue weighted by molar-refractivity contribution is -0.115. The largest absolute Gasteiger partial charge is 0.490 e. The van der Waals surface area contributed by atoms with Gasteiger partial charge in [-0.3, -0.25) is 10.2 Å².